The standard InChI is InChI=1S/C19H28N2O6/c1-5-26-16(23)13-21(10-11-22)17(24)15-8-6-14(7-9-15)12-20-18(25)27-19(2,3)4/h6-9,22H,5,10-13H2,1-4H3,(H,20,25). The minimum Gasteiger partial charge on any atom is -0.465 e. The van der Waals surface area contributed by atoms with Crippen LogP contribution in [-0.2, 0) is 20.8 Å². The average molecular weight is 380 g/mol. The molecule has 0 aromatic heterocycles. The van der Waals surface area contributed by atoms with E-state index < -0.39 is 17.7 Å². The van der Waals surface area contributed by atoms with Crippen molar-refractivity contribution in [1.29, 1.82) is 0 Å². The number of aliphatic hydroxyl groups excluding tert-OH is 1. The predicted octanol–water partition coefficient (Wildman–Crippen LogP) is 1.71. The molecule has 1 rings (SSSR count). The summed E-state index contributed by atoms with van der Waals surface area (Å²) in [5.74, 6) is -0.916. The van der Waals surface area contributed by atoms with E-state index in [-0.39, 0.29) is 38.8 Å². The van der Waals surface area contributed by atoms with Gasteiger partial charge in [0.2, 0.25) is 0 Å². The number of nitrogens with zero attached hydrogens (tertiary/aromatic N) is 1. The van der Waals surface area contributed by atoms with Crippen molar-refractivity contribution in [1.82, 2.24) is 10.2 Å². The van der Waals surface area contributed by atoms with E-state index in [4.69, 9.17) is 14.6 Å². The first-order valence-electron chi connectivity index (χ1n) is 8.77. The molecular formula is C19H28N2O6. The third kappa shape index (κ3) is 8.54. The van der Waals surface area contributed by atoms with Gasteiger partial charge in [-0.05, 0) is 45.4 Å². The van der Waals surface area contributed by atoms with E-state index in [1.807, 2.05) is 0 Å². The van der Waals surface area contributed by atoms with Gasteiger partial charge in [-0.1, -0.05) is 12.1 Å². The van der Waals surface area contributed by atoms with Crippen LogP contribution < -0.4 is 5.32 Å². The zero-order chi connectivity index (χ0) is 20.4. The predicted molar refractivity (Wildman–Crippen MR) is 99.1 cm³/mol. The van der Waals surface area contributed by atoms with Crippen molar-refractivity contribution >= 4 is 18.0 Å². The van der Waals surface area contributed by atoms with E-state index in [0.29, 0.717) is 5.56 Å². The van der Waals surface area contributed by atoms with Crippen molar-refractivity contribution in [3.05, 3.63) is 35.4 Å². The molecule has 0 bridgehead atoms. The molecule has 0 aliphatic rings. The molecule has 150 valence electrons. The lowest BCUT2D eigenvalue weighted by molar-refractivity contribution is -0.143. The highest BCUT2D eigenvalue weighted by atomic mass is 16.6. The molecule has 2 N–H and O–H groups in total. The van der Waals surface area contributed by atoms with Crippen LogP contribution in [0.1, 0.15) is 43.6 Å². The summed E-state index contributed by atoms with van der Waals surface area (Å²) in [4.78, 5) is 37.0. The first-order chi connectivity index (χ1) is 12.7. The van der Waals surface area contributed by atoms with E-state index in [2.05, 4.69) is 5.32 Å². The zero-order valence-electron chi connectivity index (χ0n) is 16.3. The summed E-state index contributed by atoms with van der Waals surface area (Å²) >= 11 is 0. The number of esters is 1. The van der Waals surface area contributed by atoms with E-state index in [1.165, 1.54) is 4.90 Å². The van der Waals surface area contributed by atoms with Crippen LogP contribution >= 0.6 is 0 Å². The van der Waals surface area contributed by atoms with Crippen LogP contribution in [0.2, 0.25) is 0 Å². The third-order valence-corrected chi connectivity index (χ3v) is 3.32. The number of ether oxygens (including phenoxy) is 2. The molecule has 1 aromatic carbocycles. The Balaban J connectivity index is 2.68. The van der Waals surface area contributed by atoms with Gasteiger partial charge in [0.1, 0.15) is 12.1 Å². The molecule has 0 radical (unpaired) electrons. The number of hydrogen-bond acceptors (Lipinski definition) is 6. The monoisotopic (exact) mass is 380 g/mol. The Labute approximate surface area is 159 Å². The SMILES string of the molecule is CCOC(=O)CN(CCO)C(=O)c1ccc(CNC(=O)OC(C)(C)C)cc1. The summed E-state index contributed by atoms with van der Waals surface area (Å²) in [7, 11) is 0. The van der Waals surface area contributed by atoms with Gasteiger partial charge < -0.3 is 24.8 Å². The number of hydrogen-bond donors (Lipinski definition) is 2. The summed E-state index contributed by atoms with van der Waals surface area (Å²) in [5, 5.41) is 11.8. The quantitative estimate of drug-likeness (QED) is 0.665. The van der Waals surface area contributed by atoms with Crippen molar-refractivity contribution in [3.8, 4) is 0 Å². The fourth-order valence-electron chi connectivity index (χ4n) is 2.17. The fraction of sp³-hybridized carbons (Fsp3) is 0.526. The number of carbonyl (C=O) groups is 3. The van der Waals surface area contributed by atoms with Gasteiger partial charge in [-0.3, -0.25) is 9.59 Å². The number of carbonyl (C=O) groups excluding carboxylic acids is 3. The molecular weight excluding hydrogens is 352 g/mol. The normalized spacial score (nSPS) is 10.9. The molecule has 8 nitrogen and oxygen atoms in total. The number of amides is 2. The van der Waals surface area contributed by atoms with E-state index in [1.54, 1.807) is 52.0 Å². The Morgan fingerprint density at radius 3 is 2.30 bits per heavy atom. The maximum absolute atomic E-state index is 12.5. The second-order valence-electron chi connectivity index (χ2n) is 6.81. The van der Waals surface area contributed by atoms with Crippen molar-refractivity contribution in [2.75, 3.05) is 26.3 Å². The molecule has 1 aromatic rings. The second-order valence-corrected chi connectivity index (χ2v) is 6.81. The van der Waals surface area contributed by atoms with Gasteiger partial charge >= 0.3 is 12.1 Å². The summed E-state index contributed by atoms with van der Waals surface area (Å²) in [6.45, 7) is 7.04. The summed E-state index contributed by atoms with van der Waals surface area (Å²) in [6, 6.07) is 6.60. The molecule has 0 aliphatic heterocycles. The third-order valence-electron chi connectivity index (χ3n) is 3.32. The number of rotatable bonds is 8. The minimum atomic E-state index is -0.574. The van der Waals surface area contributed by atoms with Gasteiger partial charge in [-0.15, -0.1) is 0 Å². The number of nitrogens with one attached hydrogen (secondary N) is 1. The first-order valence-corrected chi connectivity index (χ1v) is 8.77. The Kier molecular flexibility index (Phi) is 8.74. The van der Waals surface area contributed by atoms with Gasteiger partial charge in [0.05, 0.1) is 13.2 Å². The van der Waals surface area contributed by atoms with Gasteiger partial charge in [0.25, 0.3) is 5.91 Å². The first kappa shape index (κ1) is 22.4. The number of alkyl carbamates (subject to hydrolysis) is 1. The van der Waals surface area contributed by atoms with E-state index >= 15 is 0 Å². The van der Waals surface area contributed by atoms with Gasteiger partial charge in [0.15, 0.2) is 0 Å². The van der Waals surface area contributed by atoms with Crippen LogP contribution in [0.3, 0.4) is 0 Å². The smallest absolute Gasteiger partial charge is 0.407 e. The van der Waals surface area contributed by atoms with Gasteiger partial charge in [-0.2, -0.15) is 0 Å². The van der Waals surface area contributed by atoms with Crippen LogP contribution in [-0.4, -0.2) is 59.9 Å². The van der Waals surface area contributed by atoms with Crippen molar-refractivity contribution in [2.45, 2.75) is 39.8 Å². The van der Waals surface area contributed by atoms with E-state index in [0.717, 1.165) is 5.56 Å². The minimum absolute atomic E-state index is 0.0274. The molecule has 27 heavy (non-hydrogen) atoms. The Morgan fingerprint density at radius 1 is 1.15 bits per heavy atom. The number of aliphatic hydroxyl groups is 1. The summed E-state index contributed by atoms with van der Waals surface area (Å²) in [6.07, 6.45) is -0.522. The lowest BCUT2D eigenvalue weighted by atomic mass is 10.1. The van der Waals surface area contributed by atoms with Gasteiger partial charge in [0, 0.05) is 18.7 Å². The highest BCUT2D eigenvalue weighted by molar-refractivity contribution is 5.96. The van der Waals surface area contributed by atoms with Crippen LogP contribution in [0.4, 0.5) is 4.79 Å². The van der Waals surface area contributed by atoms with Crippen molar-refractivity contribution < 1.29 is 29.0 Å². The summed E-state index contributed by atoms with van der Waals surface area (Å²) in [5.41, 5.74) is 0.584. The molecule has 0 atom stereocenters. The molecule has 0 saturated heterocycles. The zero-order valence-corrected chi connectivity index (χ0v) is 16.3. The van der Waals surface area contributed by atoms with Crippen LogP contribution in [0.25, 0.3) is 0 Å². The molecule has 2 amide bonds. The Morgan fingerprint density at radius 2 is 1.78 bits per heavy atom. The fourth-order valence-corrected chi connectivity index (χ4v) is 2.17. The molecule has 0 fully saturated rings. The van der Waals surface area contributed by atoms with Crippen LogP contribution in [0.15, 0.2) is 24.3 Å². The van der Waals surface area contributed by atoms with Crippen molar-refractivity contribution in [2.24, 2.45) is 0 Å². The maximum Gasteiger partial charge on any atom is 0.407 e. The van der Waals surface area contributed by atoms with E-state index in [9.17, 15) is 14.4 Å². The van der Waals surface area contributed by atoms with Crippen molar-refractivity contribution in [3.63, 3.8) is 0 Å². The molecule has 0 saturated carbocycles. The lowest BCUT2D eigenvalue weighted by Crippen LogP contribution is -2.38. The maximum atomic E-state index is 12.5. The topological polar surface area (TPSA) is 105 Å². The molecule has 0 heterocycles. The molecule has 0 spiro atoms. The van der Waals surface area contributed by atoms with Gasteiger partial charge in [-0.25, -0.2) is 4.79 Å². The highest BCUT2D eigenvalue weighted by Gasteiger charge is 2.19. The van der Waals surface area contributed by atoms with Crippen LogP contribution in [0.5, 0.6) is 0 Å². The Bertz CT molecular complexity index is 637. The largest absolute Gasteiger partial charge is 0.465 e. The number of benzene rings is 1. The highest BCUT2D eigenvalue weighted by Crippen LogP contribution is 2.10. The average Bonchev–Trinajstić information content (AvgIpc) is 2.58. The Hall–Kier alpha value is -2.61. The van der Waals surface area contributed by atoms with Crippen LogP contribution in [0, 0.1) is 0 Å². The molecule has 0 aliphatic carbocycles. The second kappa shape index (κ2) is 10.5. The molecule has 8 heteroatoms. The molecule has 0 unspecified atom stereocenters. The summed E-state index contributed by atoms with van der Waals surface area (Å²) < 4.78 is 10.0. The lowest BCUT2D eigenvalue weighted by Gasteiger charge is -2.21.